The summed E-state index contributed by atoms with van der Waals surface area (Å²) in [5, 5.41) is 13.6. The van der Waals surface area contributed by atoms with Crippen molar-refractivity contribution in [2.24, 2.45) is 0 Å². The number of carbonyl (C=O) groups excluding carboxylic acids is 1. The van der Waals surface area contributed by atoms with E-state index in [1.165, 1.54) is 29.6 Å². The number of amides is 1. The molecule has 1 N–H and O–H groups in total. The number of hydrogen-bond acceptors (Lipinski definition) is 7. The molecule has 0 spiro atoms. The van der Waals surface area contributed by atoms with Gasteiger partial charge in [-0.1, -0.05) is 0 Å². The number of benzene rings is 1. The van der Waals surface area contributed by atoms with Crippen molar-refractivity contribution >= 4 is 33.0 Å². The molecule has 0 unspecified atom stereocenters. The first-order chi connectivity index (χ1) is 13.3. The molecule has 1 aromatic heterocycles. The highest BCUT2D eigenvalue weighted by Gasteiger charge is 2.28. The lowest BCUT2D eigenvalue weighted by molar-refractivity contribution is -0.384. The van der Waals surface area contributed by atoms with Gasteiger partial charge in [-0.25, -0.2) is 8.42 Å². The van der Waals surface area contributed by atoms with E-state index < -0.39 is 20.9 Å². The Kier molecular flexibility index (Phi) is 5.96. The molecule has 2 aromatic rings. The molecule has 11 heteroatoms. The van der Waals surface area contributed by atoms with Crippen LogP contribution in [0.15, 0.2) is 34.5 Å². The molecule has 1 aliphatic rings. The van der Waals surface area contributed by atoms with Gasteiger partial charge in [0, 0.05) is 30.1 Å². The number of nitrogens with zero attached hydrogens (tertiary/aromatic N) is 2. The fourth-order valence-corrected chi connectivity index (χ4v) is 5.86. The van der Waals surface area contributed by atoms with Crippen LogP contribution in [0.3, 0.4) is 0 Å². The second-order valence-corrected chi connectivity index (χ2v) is 9.49. The Hall–Kier alpha value is -2.50. The maximum Gasteiger partial charge on any atom is 0.270 e. The molecule has 1 fully saturated rings. The van der Waals surface area contributed by atoms with Gasteiger partial charge in [0.2, 0.25) is 0 Å². The van der Waals surface area contributed by atoms with E-state index in [0.29, 0.717) is 18.0 Å². The van der Waals surface area contributed by atoms with Crippen molar-refractivity contribution in [3.63, 3.8) is 0 Å². The number of nitro benzene ring substituents is 1. The molecule has 28 heavy (non-hydrogen) atoms. The summed E-state index contributed by atoms with van der Waals surface area (Å²) < 4.78 is 31.9. The molecule has 1 saturated heterocycles. The van der Waals surface area contributed by atoms with Crippen molar-refractivity contribution in [1.29, 1.82) is 0 Å². The van der Waals surface area contributed by atoms with Crippen molar-refractivity contribution in [2.75, 3.05) is 20.2 Å². The quantitative estimate of drug-likeness (QED) is 0.537. The molecule has 0 bridgehead atoms. The van der Waals surface area contributed by atoms with Crippen molar-refractivity contribution in [3.8, 4) is 5.75 Å². The monoisotopic (exact) mass is 425 g/mol. The standard InChI is InChI=1S/C17H19N3O6S2/c1-26-15-6-4-12(20(22)23)10-14(15)17(21)18-11-13-5-7-16(27-13)28(24,25)19-8-2-3-9-19/h4-7,10H,2-3,8-9,11H2,1H3,(H,18,21). The first-order valence-corrected chi connectivity index (χ1v) is 10.8. The Labute approximate surface area is 166 Å². The number of hydrogen-bond donors (Lipinski definition) is 1. The lowest BCUT2D eigenvalue weighted by Crippen LogP contribution is -2.27. The zero-order valence-corrected chi connectivity index (χ0v) is 16.7. The van der Waals surface area contributed by atoms with Crippen molar-refractivity contribution in [1.82, 2.24) is 9.62 Å². The third kappa shape index (κ3) is 4.16. The second-order valence-electron chi connectivity index (χ2n) is 6.16. The number of nitrogens with one attached hydrogen (secondary N) is 1. The molecular weight excluding hydrogens is 406 g/mol. The number of rotatable bonds is 7. The average Bonchev–Trinajstić information content (AvgIpc) is 3.37. The zero-order valence-electron chi connectivity index (χ0n) is 15.1. The second kappa shape index (κ2) is 8.25. The van der Waals surface area contributed by atoms with Crippen molar-refractivity contribution in [2.45, 2.75) is 23.6 Å². The van der Waals surface area contributed by atoms with Gasteiger partial charge in [-0.15, -0.1) is 11.3 Å². The highest BCUT2D eigenvalue weighted by Crippen LogP contribution is 2.28. The van der Waals surface area contributed by atoms with E-state index in [1.54, 1.807) is 6.07 Å². The Morgan fingerprint density at radius 1 is 1.29 bits per heavy atom. The summed E-state index contributed by atoms with van der Waals surface area (Å²) in [7, 11) is -2.12. The fourth-order valence-electron chi connectivity index (χ4n) is 2.90. The predicted molar refractivity (Wildman–Crippen MR) is 103 cm³/mol. The lowest BCUT2D eigenvalue weighted by Gasteiger charge is -2.13. The first kappa shape index (κ1) is 20.2. The van der Waals surface area contributed by atoms with Crippen molar-refractivity contribution in [3.05, 3.63) is 50.9 Å². The molecule has 0 saturated carbocycles. The Bertz CT molecular complexity index is 996. The predicted octanol–water partition coefficient (Wildman–Crippen LogP) is 2.38. The Morgan fingerprint density at radius 2 is 2.00 bits per heavy atom. The van der Waals surface area contributed by atoms with Gasteiger partial charge in [-0.3, -0.25) is 14.9 Å². The van der Waals surface area contributed by atoms with E-state index in [-0.39, 0.29) is 27.8 Å². The first-order valence-electron chi connectivity index (χ1n) is 8.52. The fraction of sp³-hybridized carbons (Fsp3) is 0.353. The summed E-state index contributed by atoms with van der Waals surface area (Å²) in [4.78, 5) is 23.5. The number of ether oxygens (including phenoxy) is 1. The molecule has 1 aliphatic heterocycles. The van der Waals surface area contributed by atoms with E-state index in [4.69, 9.17) is 4.74 Å². The van der Waals surface area contributed by atoms with Gasteiger partial charge in [0.15, 0.2) is 0 Å². The molecule has 2 heterocycles. The van der Waals surface area contributed by atoms with Crippen molar-refractivity contribution < 1.29 is 22.9 Å². The SMILES string of the molecule is COc1ccc([N+](=O)[O-])cc1C(=O)NCc1ccc(S(=O)(=O)N2CCCC2)s1. The highest BCUT2D eigenvalue weighted by atomic mass is 32.2. The summed E-state index contributed by atoms with van der Waals surface area (Å²) in [6.07, 6.45) is 1.72. The number of carbonyl (C=O) groups is 1. The highest BCUT2D eigenvalue weighted by molar-refractivity contribution is 7.91. The van der Waals surface area contributed by atoms with Gasteiger partial charge in [0.1, 0.15) is 9.96 Å². The van der Waals surface area contributed by atoms with E-state index in [9.17, 15) is 23.3 Å². The summed E-state index contributed by atoms with van der Waals surface area (Å²) in [6, 6.07) is 6.95. The van der Waals surface area contributed by atoms with E-state index in [1.807, 2.05) is 0 Å². The van der Waals surface area contributed by atoms with Gasteiger partial charge in [-0.05, 0) is 31.0 Å². The Balaban J connectivity index is 1.71. The van der Waals surface area contributed by atoms with Gasteiger partial charge >= 0.3 is 0 Å². The average molecular weight is 425 g/mol. The minimum Gasteiger partial charge on any atom is -0.496 e. The molecular formula is C17H19N3O6S2. The summed E-state index contributed by atoms with van der Waals surface area (Å²) in [5.74, 6) is -0.329. The topological polar surface area (TPSA) is 119 Å². The van der Waals surface area contributed by atoms with Crippen LogP contribution in [-0.2, 0) is 16.6 Å². The van der Waals surface area contributed by atoms with Crippen LogP contribution in [0.1, 0.15) is 28.1 Å². The number of methoxy groups -OCH3 is 1. The van der Waals surface area contributed by atoms with Gasteiger partial charge < -0.3 is 10.1 Å². The van der Waals surface area contributed by atoms with Gasteiger partial charge in [-0.2, -0.15) is 4.31 Å². The number of sulfonamides is 1. The number of non-ortho nitro benzene ring substituents is 1. The lowest BCUT2D eigenvalue weighted by atomic mass is 10.1. The minimum atomic E-state index is -3.49. The van der Waals surface area contributed by atoms with Crippen LogP contribution >= 0.6 is 11.3 Å². The van der Waals surface area contributed by atoms with Crippen LogP contribution in [0.4, 0.5) is 5.69 Å². The number of thiophene rings is 1. The third-order valence-corrected chi connectivity index (χ3v) is 7.81. The molecule has 9 nitrogen and oxygen atoms in total. The minimum absolute atomic E-state index is 0.0400. The molecule has 0 aliphatic carbocycles. The smallest absolute Gasteiger partial charge is 0.270 e. The van der Waals surface area contributed by atoms with E-state index >= 15 is 0 Å². The summed E-state index contributed by atoms with van der Waals surface area (Å²) in [6.45, 7) is 1.16. The summed E-state index contributed by atoms with van der Waals surface area (Å²) >= 11 is 1.10. The molecule has 0 atom stereocenters. The maximum atomic E-state index is 12.6. The zero-order chi connectivity index (χ0) is 20.3. The molecule has 1 amide bonds. The number of nitro groups is 1. The van der Waals surface area contributed by atoms with E-state index in [0.717, 1.165) is 30.2 Å². The van der Waals surface area contributed by atoms with Crippen LogP contribution in [0.5, 0.6) is 5.75 Å². The largest absolute Gasteiger partial charge is 0.496 e. The summed E-state index contributed by atoms with van der Waals surface area (Å²) in [5.41, 5.74) is -0.181. The molecule has 150 valence electrons. The maximum absolute atomic E-state index is 12.6. The van der Waals surface area contributed by atoms with Gasteiger partial charge in [0.05, 0.1) is 24.1 Å². The Morgan fingerprint density at radius 3 is 2.64 bits per heavy atom. The van der Waals surface area contributed by atoms with Crippen LogP contribution in [-0.4, -0.2) is 43.8 Å². The van der Waals surface area contributed by atoms with Crippen LogP contribution < -0.4 is 10.1 Å². The molecule has 0 radical (unpaired) electrons. The van der Waals surface area contributed by atoms with Crippen LogP contribution in [0.2, 0.25) is 0 Å². The molecule has 3 rings (SSSR count). The normalized spacial score (nSPS) is 14.8. The third-order valence-electron chi connectivity index (χ3n) is 4.36. The van der Waals surface area contributed by atoms with Crippen LogP contribution in [0.25, 0.3) is 0 Å². The van der Waals surface area contributed by atoms with Crippen LogP contribution in [0, 0.1) is 10.1 Å². The van der Waals surface area contributed by atoms with E-state index in [2.05, 4.69) is 5.32 Å². The molecule has 1 aromatic carbocycles. The van der Waals surface area contributed by atoms with Gasteiger partial charge in [0.25, 0.3) is 21.6 Å².